The number of aliphatic hydroxyl groups excluding tert-OH is 1. The van der Waals surface area contributed by atoms with Gasteiger partial charge in [-0.25, -0.2) is 19.9 Å². The number of nitrogens with two attached hydrogens (primary N) is 2. The second-order valence-electron chi connectivity index (χ2n) is 12.4. The zero-order chi connectivity index (χ0) is 40.3. The van der Waals surface area contributed by atoms with Crippen LogP contribution in [0.25, 0.3) is 22.1 Å². The van der Waals surface area contributed by atoms with Crippen LogP contribution in [-0.4, -0.2) is 78.1 Å². The third kappa shape index (κ3) is 7.65. The minimum Gasteiger partial charge on any atom is -0.494 e. The highest BCUT2D eigenvalue weighted by Crippen LogP contribution is 2.33. The number of aromatic nitrogens is 6. The molecule has 19 heteroatoms. The Morgan fingerprint density at radius 3 is 1.61 bits per heavy atom. The van der Waals surface area contributed by atoms with E-state index in [-0.39, 0.29) is 77.9 Å². The van der Waals surface area contributed by atoms with Crippen LogP contribution in [0.5, 0.6) is 11.5 Å². The molecule has 4 amide bonds. The van der Waals surface area contributed by atoms with Gasteiger partial charge in [0.1, 0.15) is 29.1 Å². The fourth-order valence-corrected chi connectivity index (χ4v) is 6.16. The molecule has 292 valence electrons. The van der Waals surface area contributed by atoms with E-state index in [2.05, 4.69) is 30.6 Å². The van der Waals surface area contributed by atoms with Gasteiger partial charge in [-0.3, -0.25) is 29.8 Å². The molecule has 0 radical (unpaired) electrons. The molecule has 0 saturated heterocycles. The minimum absolute atomic E-state index is 0.0234. The molecule has 6 rings (SSSR count). The van der Waals surface area contributed by atoms with Crippen LogP contribution in [-0.2, 0) is 25.9 Å². The van der Waals surface area contributed by atoms with E-state index in [1.54, 1.807) is 35.1 Å². The van der Waals surface area contributed by atoms with Crippen LogP contribution in [0.4, 0.5) is 11.9 Å². The van der Waals surface area contributed by atoms with Crippen molar-refractivity contribution in [3.8, 4) is 11.5 Å². The Bertz CT molecular complexity index is 2520. The summed E-state index contributed by atoms with van der Waals surface area (Å²) in [5, 5.41) is 15.1. The maximum absolute atomic E-state index is 13.5. The van der Waals surface area contributed by atoms with Gasteiger partial charge < -0.3 is 44.0 Å². The standard InChI is InChI=1S/C37H40N10O9/c1-6-22-30(55-18(3)40-22)34(51)44-36-42-24-14-20(32(38)49)16-26(53-5)28(24)46(36)10-8-9-11-47-29-25(15-21(33(39)50)17-27(29)54-13-12-48)43-37(47)45-35(52)31-23(7-2)41-19(4)56-31/h8-9,14-17,48H,6-7,10-13H2,1-5H3,(H2,38,49)(H2,39,50)(H,42,44,51)(H,43,45,52). The Labute approximate surface area is 318 Å². The SMILES string of the molecule is CCc1nc(C)oc1C(=O)Nc1nc2cc(C(N)=O)cc(OC)c2n1CC=CCn1c(NC(=O)c2oc(C)nc2CC)nc2cc(C(N)=O)cc(OCCO)c21. The van der Waals surface area contributed by atoms with E-state index in [0.717, 1.165) is 0 Å². The van der Waals surface area contributed by atoms with Gasteiger partial charge in [-0.05, 0) is 37.1 Å². The van der Waals surface area contributed by atoms with Crippen LogP contribution < -0.4 is 31.6 Å². The van der Waals surface area contributed by atoms with Crippen molar-refractivity contribution >= 4 is 57.6 Å². The molecule has 0 unspecified atom stereocenters. The van der Waals surface area contributed by atoms with Crippen molar-refractivity contribution in [1.82, 2.24) is 29.1 Å². The summed E-state index contributed by atoms with van der Waals surface area (Å²) >= 11 is 0. The average Bonchev–Trinajstić information content (AvgIpc) is 3.93. The van der Waals surface area contributed by atoms with E-state index in [9.17, 15) is 24.3 Å². The Hall–Kier alpha value is -7.02. The molecule has 6 aromatic rings. The highest BCUT2D eigenvalue weighted by Gasteiger charge is 2.25. The lowest BCUT2D eigenvalue weighted by Crippen LogP contribution is -2.17. The van der Waals surface area contributed by atoms with Crippen molar-refractivity contribution in [2.24, 2.45) is 11.5 Å². The van der Waals surface area contributed by atoms with Crippen LogP contribution in [0.1, 0.15) is 78.8 Å². The van der Waals surface area contributed by atoms with E-state index >= 15 is 0 Å². The molecule has 4 heterocycles. The molecule has 0 aliphatic carbocycles. The van der Waals surface area contributed by atoms with Crippen molar-refractivity contribution in [2.75, 3.05) is 31.0 Å². The zero-order valence-corrected chi connectivity index (χ0v) is 31.3. The largest absolute Gasteiger partial charge is 0.494 e. The fraction of sp³-hybridized carbons (Fsp3) is 0.297. The molecule has 0 aliphatic heterocycles. The number of rotatable bonds is 16. The first-order chi connectivity index (χ1) is 26.9. The second-order valence-corrected chi connectivity index (χ2v) is 12.4. The quantitative estimate of drug-likeness (QED) is 0.0884. The number of imidazole rings is 2. The van der Waals surface area contributed by atoms with E-state index < -0.39 is 23.6 Å². The number of fused-ring (bicyclic) bond motifs is 2. The molecule has 7 N–H and O–H groups in total. The smallest absolute Gasteiger partial charge is 0.295 e. The normalized spacial score (nSPS) is 11.5. The number of primary amides is 2. The fourth-order valence-electron chi connectivity index (χ4n) is 6.16. The number of aliphatic hydroxyl groups is 1. The number of hydrogen-bond acceptors (Lipinski definition) is 13. The molecule has 2 aromatic carbocycles. The van der Waals surface area contributed by atoms with Crippen LogP contribution in [0.3, 0.4) is 0 Å². The number of oxazole rings is 2. The van der Waals surface area contributed by atoms with E-state index in [4.69, 9.17) is 29.8 Å². The van der Waals surface area contributed by atoms with Gasteiger partial charge in [0.15, 0.2) is 11.8 Å². The van der Waals surface area contributed by atoms with Gasteiger partial charge in [0, 0.05) is 38.1 Å². The molecular formula is C37H40N10O9. The minimum atomic E-state index is -0.733. The number of allylic oxidation sites excluding steroid dienone is 2. The van der Waals surface area contributed by atoms with Gasteiger partial charge >= 0.3 is 0 Å². The van der Waals surface area contributed by atoms with Crippen molar-refractivity contribution in [3.63, 3.8) is 0 Å². The summed E-state index contributed by atoms with van der Waals surface area (Å²) in [6.45, 7) is 6.74. The van der Waals surface area contributed by atoms with Crippen molar-refractivity contribution < 1.29 is 42.6 Å². The molecule has 4 aromatic heterocycles. The number of ether oxygens (including phenoxy) is 2. The van der Waals surface area contributed by atoms with E-state index in [1.807, 2.05) is 13.8 Å². The number of nitrogens with zero attached hydrogens (tertiary/aromatic N) is 6. The monoisotopic (exact) mass is 768 g/mol. The van der Waals surface area contributed by atoms with Crippen LogP contribution >= 0.6 is 0 Å². The topological polar surface area (TPSA) is 271 Å². The molecule has 56 heavy (non-hydrogen) atoms. The number of hydrogen-bond donors (Lipinski definition) is 5. The van der Waals surface area contributed by atoms with Gasteiger partial charge in [-0.1, -0.05) is 26.0 Å². The first-order valence-corrected chi connectivity index (χ1v) is 17.5. The van der Waals surface area contributed by atoms with E-state index in [0.29, 0.717) is 52.6 Å². The number of amides is 4. The Kier molecular flexibility index (Phi) is 11.2. The van der Waals surface area contributed by atoms with Gasteiger partial charge in [0.25, 0.3) is 11.8 Å². The summed E-state index contributed by atoms with van der Waals surface area (Å²) in [5.41, 5.74) is 13.8. The molecule has 0 aliphatic rings. The maximum Gasteiger partial charge on any atom is 0.295 e. The number of benzene rings is 2. The van der Waals surface area contributed by atoms with Crippen LogP contribution in [0.2, 0.25) is 0 Å². The lowest BCUT2D eigenvalue weighted by atomic mass is 10.1. The summed E-state index contributed by atoms with van der Waals surface area (Å²) in [6, 6.07) is 5.87. The highest BCUT2D eigenvalue weighted by molar-refractivity contribution is 6.05. The number of methoxy groups -OCH3 is 1. The summed E-state index contributed by atoms with van der Waals surface area (Å²) in [4.78, 5) is 69.2. The number of carbonyl (C=O) groups is 4. The number of anilines is 2. The lowest BCUT2D eigenvalue weighted by molar-refractivity contribution is 0.0985. The van der Waals surface area contributed by atoms with Crippen molar-refractivity contribution in [3.05, 3.63) is 82.2 Å². The van der Waals surface area contributed by atoms with E-state index in [1.165, 1.54) is 31.4 Å². The Morgan fingerprint density at radius 2 is 1.20 bits per heavy atom. The van der Waals surface area contributed by atoms with Crippen LogP contribution in [0, 0.1) is 13.8 Å². The number of nitrogens with one attached hydrogen (secondary N) is 2. The zero-order valence-electron chi connectivity index (χ0n) is 31.3. The number of carbonyl (C=O) groups excluding carboxylic acids is 4. The third-order valence-corrected chi connectivity index (χ3v) is 8.64. The maximum atomic E-state index is 13.5. The first kappa shape index (κ1) is 38.7. The van der Waals surface area contributed by atoms with Crippen LogP contribution in [0.15, 0.2) is 45.3 Å². The average molecular weight is 769 g/mol. The summed E-state index contributed by atoms with van der Waals surface area (Å²) in [7, 11) is 1.43. The second kappa shape index (κ2) is 16.1. The van der Waals surface area contributed by atoms with Gasteiger partial charge in [-0.2, -0.15) is 0 Å². The summed E-state index contributed by atoms with van der Waals surface area (Å²) < 4.78 is 26.0. The molecule has 0 saturated carbocycles. The van der Waals surface area contributed by atoms with Gasteiger partial charge in [0.2, 0.25) is 35.2 Å². The predicted octanol–water partition coefficient (Wildman–Crippen LogP) is 3.44. The van der Waals surface area contributed by atoms with Crippen molar-refractivity contribution in [2.45, 2.75) is 53.6 Å². The van der Waals surface area contributed by atoms with Gasteiger partial charge in [-0.15, -0.1) is 0 Å². The Morgan fingerprint density at radius 1 is 0.750 bits per heavy atom. The molecule has 0 bridgehead atoms. The van der Waals surface area contributed by atoms with Gasteiger partial charge in [0.05, 0.1) is 36.1 Å². The molecule has 0 fully saturated rings. The lowest BCUT2D eigenvalue weighted by Gasteiger charge is -2.12. The number of aryl methyl sites for hydroxylation is 4. The highest BCUT2D eigenvalue weighted by atomic mass is 16.5. The molecule has 0 atom stereocenters. The third-order valence-electron chi connectivity index (χ3n) is 8.64. The summed E-state index contributed by atoms with van der Waals surface area (Å²) in [5.74, 6) is -1.24. The summed E-state index contributed by atoms with van der Waals surface area (Å²) in [6.07, 6.45) is 4.43. The predicted molar refractivity (Wildman–Crippen MR) is 202 cm³/mol. The molecular weight excluding hydrogens is 728 g/mol. The van der Waals surface area contributed by atoms with Crippen molar-refractivity contribution in [1.29, 1.82) is 0 Å². The first-order valence-electron chi connectivity index (χ1n) is 17.5. The molecule has 0 spiro atoms. The Balaban J connectivity index is 1.41. The molecule has 19 nitrogen and oxygen atoms in total.